The second kappa shape index (κ2) is 7.21. The van der Waals surface area contributed by atoms with Crippen LogP contribution in [0.2, 0.25) is 0 Å². The summed E-state index contributed by atoms with van der Waals surface area (Å²) in [6.45, 7) is 4.75. The Morgan fingerprint density at radius 3 is 2.69 bits per heavy atom. The van der Waals surface area contributed by atoms with Crippen molar-refractivity contribution in [3.63, 3.8) is 0 Å². The van der Waals surface area contributed by atoms with Crippen LogP contribution in [-0.4, -0.2) is 41.9 Å². The van der Waals surface area contributed by atoms with Crippen LogP contribution in [0.1, 0.15) is 20.3 Å². The summed E-state index contributed by atoms with van der Waals surface area (Å²) >= 11 is 1.66. The molecule has 0 saturated heterocycles. The maximum atomic E-state index is 11.3. The quantitative estimate of drug-likeness (QED) is 0.655. The Labute approximate surface area is 85.0 Å². The lowest BCUT2D eigenvalue weighted by Crippen LogP contribution is -2.28. The number of rotatable bonds is 6. The molecule has 1 unspecified atom stereocenters. The Kier molecular flexibility index (Phi) is 7.09. The number of carbonyl (C=O) groups is 1. The largest absolute Gasteiger partial charge is 0.345 e. The summed E-state index contributed by atoms with van der Waals surface area (Å²) in [7, 11) is 1.83. The van der Waals surface area contributed by atoms with Gasteiger partial charge in [-0.3, -0.25) is 4.79 Å². The van der Waals surface area contributed by atoms with Crippen LogP contribution in [0.3, 0.4) is 0 Å². The molecule has 0 aromatic carbocycles. The zero-order valence-corrected chi connectivity index (χ0v) is 9.56. The number of amides is 1. The Morgan fingerprint density at radius 2 is 2.23 bits per heavy atom. The minimum atomic E-state index is 0.206. The van der Waals surface area contributed by atoms with Crippen LogP contribution in [0.5, 0.6) is 0 Å². The maximum absolute atomic E-state index is 11.3. The van der Waals surface area contributed by atoms with E-state index in [2.05, 4.69) is 0 Å². The first-order valence-corrected chi connectivity index (χ1v) is 5.80. The fourth-order valence-corrected chi connectivity index (χ4v) is 1.79. The molecule has 0 spiro atoms. The zero-order valence-electron chi connectivity index (χ0n) is 8.75. The molecule has 3 nitrogen and oxygen atoms in total. The Morgan fingerprint density at radius 1 is 1.62 bits per heavy atom. The molecule has 0 aliphatic carbocycles. The van der Waals surface area contributed by atoms with Crippen LogP contribution in [0.4, 0.5) is 0 Å². The number of carbonyl (C=O) groups excluding carboxylic acids is 1. The highest BCUT2D eigenvalue weighted by Gasteiger charge is 2.05. The predicted molar refractivity (Wildman–Crippen MR) is 58.9 cm³/mol. The van der Waals surface area contributed by atoms with E-state index in [1.807, 2.05) is 20.9 Å². The van der Waals surface area contributed by atoms with Crippen molar-refractivity contribution >= 4 is 17.7 Å². The molecule has 0 bridgehead atoms. The van der Waals surface area contributed by atoms with Crippen molar-refractivity contribution in [3.8, 4) is 0 Å². The third-order valence-electron chi connectivity index (χ3n) is 1.84. The van der Waals surface area contributed by atoms with Crippen molar-refractivity contribution < 1.29 is 4.79 Å². The summed E-state index contributed by atoms with van der Waals surface area (Å²) in [6.07, 6.45) is 0.980. The molecule has 0 aromatic rings. The van der Waals surface area contributed by atoms with E-state index in [0.717, 1.165) is 18.7 Å². The highest BCUT2D eigenvalue weighted by Crippen LogP contribution is 2.04. The molecular weight excluding hydrogens is 184 g/mol. The number of hydrogen-bond donors (Lipinski definition) is 1. The highest BCUT2D eigenvalue weighted by molar-refractivity contribution is 7.99. The monoisotopic (exact) mass is 204 g/mol. The summed E-state index contributed by atoms with van der Waals surface area (Å²) in [5.74, 6) is 1.76. The van der Waals surface area contributed by atoms with Gasteiger partial charge in [-0.05, 0) is 26.0 Å². The first-order valence-electron chi connectivity index (χ1n) is 4.65. The van der Waals surface area contributed by atoms with Crippen molar-refractivity contribution in [2.45, 2.75) is 26.3 Å². The van der Waals surface area contributed by atoms with Gasteiger partial charge in [-0.25, -0.2) is 0 Å². The molecule has 0 aliphatic rings. The van der Waals surface area contributed by atoms with Crippen molar-refractivity contribution in [1.29, 1.82) is 0 Å². The molecule has 0 fully saturated rings. The van der Waals surface area contributed by atoms with Gasteiger partial charge < -0.3 is 10.6 Å². The van der Waals surface area contributed by atoms with E-state index in [0.29, 0.717) is 5.75 Å². The molecule has 78 valence electrons. The fourth-order valence-electron chi connectivity index (χ4n) is 0.715. The van der Waals surface area contributed by atoms with E-state index in [1.54, 1.807) is 16.7 Å². The zero-order chi connectivity index (χ0) is 10.3. The molecule has 0 radical (unpaired) electrons. The molecular formula is C9H20N2OS. The smallest absolute Gasteiger partial charge is 0.232 e. The van der Waals surface area contributed by atoms with Gasteiger partial charge in [-0.1, -0.05) is 0 Å². The van der Waals surface area contributed by atoms with Crippen molar-refractivity contribution in [2.24, 2.45) is 5.73 Å². The summed E-state index contributed by atoms with van der Waals surface area (Å²) in [4.78, 5) is 13.0. The van der Waals surface area contributed by atoms with Crippen LogP contribution in [0, 0.1) is 0 Å². The van der Waals surface area contributed by atoms with Crippen LogP contribution in [0.15, 0.2) is 0 Å². The lowest BCUT2D eigenvalue weighted by molar-refractivity contribution is -0.126. The topological polar surface area (TPSA) is 46.3 Å². The SMILES string of the molecule is CCN(C)C(=O)CSCCC(C)N. The van der Waals surface area contributed by atoms with Gasteiger partial charge in [0.2, 0.25) is 5.91 Å². The number of hydrogen-bond acceptors (Lipinski definition) is 3. The Bertz CT molecular complexity index is 151. The highest BCUT2D eigenvalue weighted by atomic mass is 32.2. The van der Waals surface area contributed by atoms with Crippen LogP contribution >= 0.6 is 11.8 Å². The molecule has 1 atom stereocenters. The normalized spacial score (nSPS) is 12.6. The van der Waals surface area contributed by atoms with Gasteiger partial charge in [0, 0.05) is 19.6 Å². The molecule has 0 aliphatic heterocycles. The van der Waals surface area contributed by atoms with E-state index in [1.165, 1.54) is 0 Å². The van der Waals surface area contributed by atoms with Crippen molar-refractivity contribution in [3.05, 3.63) is 0 Å². The Hall–Kier alpha value is -0.220. The molecule has 13 heavy (non-hydrogen) atoms. The first kappa shape index (κ1) is 12.8. The van der Waals surface area contributed by atoms with E-state index >= 15 is 0 Å². The number of nitrogens with two attached hydrogens (primary N) is 1. The lowest BCUT2D eigenvalue weighted by atomic mass is 10.3. The third-order valence-corrected chi connectivity index (χ3v) is 2.82. The van der Waals surface area contributed by atoms with Gasteiger partial charge in [-0.2, -0.15) is 11.8 Å². The average Bonchev–Trinajstić information content (AvgIpc) is 2.10. The van der Waals surface area contributed by atoms with Crippen LogP contribution in [0.25, 0.3) is 0 Å². The summed E-state index contributed by atoms with van der Waals surface area (Å²) in [6, 6.07) is 0.242. The average molecular weight is 204 g/mol. The molecule has 0 heterocycles. The second-order valence-electron chi connectivity index (χ2n) is 3.23. The predicted octanol–water partition coefficient (Wildman–Crippen LogP) is 0.935. The number of thioether (sulfide) groups is 1. The summed E-state index contributed by atoms with van der Waals surface area (Å²) < 4.78 is 0. The maximum Gasteiger partial charge on any atom is 0.232 e. The van der Waals surface area contributed by atoms with Gasteiger partial charge in [0.05, 0.1) is 5.75 Å². The minimum absolute atomic E-state index is 0.206. The summed E-state index contributed by atoms with van der Waals surface area (Å²) in [5, 5.41) is 0. The van der Waals surface area contributed by atoms with Gasteiger partial charge >= 0.3 is 0 Å². The molecule has 4 heteroatoms. The first-order chi connectivity index (χ1) is 6.07. The van der Waals surface area contributed by atoms with Gasteiger partial charge in [0.15, 0.2) is 0 Å². The molecule has 0 aromatic heterocycles. The number of nitrogens with zero attached hydrogens (tertiary/aromatic N) is 1. The van der Waals surface area contributed by atoms with E-state index in [-0.39, 0.29) is 11.9 Å². The van der Waals surface area contributed by atoms with Gasteiger partial charge in [0.1, 0.15) is 0 Å². The minimum Gasteiger partial charge on any atom is -0.345 e. The van der Waals surface area contributed by atoms with Crippen molar-refractivity contribution in [2.75, 3.05) is 25.1 Å². The molecule has 0 saturated carbocycles. The van der Waals surface area contributed by atoms with Crippen LogP contribution < -0.4 is 5.73 Å². The fraction of sp³-hybridized carbons (Fsp3) is 0.889. The van der Waals surface area contributed by atoms with E-state index in [4.69, 9.17) is 5.73 Å². The standard InChI is InChI=1S/C9H20N2OS/c1-4-11(3)9(12)7-13-6-5-8(2)10/h8H,4-7,10H2,1-3H3. The van der Waals surface area contributed by atoms with Gasteiger partial charge in [-0.15, -0.1) is 0 Å². The summed E-state index contributed by atoms with van der Waals surface area (Å²) in [5.41, 5.74) is 5.59. The second-order valence-corrected chi connectivity index (χ2v) is 4.33. The molecule has 1 amide bonds. The molecule has 0 rings (SSSR count). The third kappa shape index (κ3) is 6.90. The molecule has 2 N–H and O–H groups in total. The van der Waals surface area contributed by atoms with Gasteiger partial charge in [0.25, 0.3) is 0 Å². The lowest BCUT2D eigenvalue weighted by Gasteiger charge is -2.13. The Balaban J connectivity index is 3.37. The van der Waals surface area contributed by atoms with Crippen molar-refractivity contribution in [1.82, 2.24) is 4.90 Å². The van der Waals surface area contributed by atoms with E-state index in [9.17, 15) is 4.79 Å². The van der Waals surface area contributed by atoms with Crippen LogP contribution in [-0.2, 0) is 4.79 Å². The van der Waals surface area contributed by atoms with E-state index < -0.39 is 0 Å².